The first-order valence-electron chi connectivity index (χ1n) is 4.45. The van der Waals surface area contributed by atoms with Gasteiger partial charge in [0, 0.05) is 13.2 Å². The van der Waals surface area contributed by atoms with Crippen molar-refractivity contribution in [2.75, 3.05) is 12.4 Å². The maximum absolute atomic E-state index is 5.70. The number of halogens is 1. The molecule has 0 saturated heterocycles. The molecule has 0 bridgehead atoms. The Labute approximate surface area is 96.7 Å². The van der Waals surface area contributed by atoms with E-state index >= 15 is 0 Å². The van der Waals surface area contributed by atoms with Crippen LogP contribution in [0.2, 0.25) is 5.28 Å². The molecule has 2 aromatic rings. The lowest BCUT2D eigenvalue weighted by atomic mass is 10.5. The van der Waals surface area contributed by atoms with Crippen molar-refractivity contribution in [3.8, 4) is 11.8 Å². The zero-order valence-electron chi connectivity index (χ0n) is 8.38. The summed E-state index contributed by atoms with van der Waals surface area (Å²) in [5.74, 6) is 0.880. The zero-order valence-corrected chi connectivity index (χ0v) is 9.14. The van der Waals surface area contributed by atoms with E-state index in [9.17, 15) is 0 Å². The molecule has 0 aliphatic rings. The minimum absolute atomic E-state index is 0.0678. The van der Waals surface area contributed by atoms with Gasteiger partial charge < -0.3 is 10.1 Å². The second-order valence-corrected chi connectivity index (χ2v) is 3.09. The Bertz CT molecular complexity index is 479. The molecular weight excluding hydrogens is 230 g/mol. The fraction of sp³-hybridized carbons (Fsp3) is 0.111. The third-order valence-corrected chi connectivity index (χ3v) is 1.82. The van der Waals surface area contributed by atoms with Crippen molar-refractivity contribution < 1.29 is 4.74 Å². The predicted molar refractivity (Wildman–Crippen MR) is 58.7 cm³/mol. The SMILES string of the molecule is CNc1nc(Cl)nc(Oc2cccnc2)n1. The van der Waals surface area contributed by atoms with Crippen LogP contribution in [-0.2, 0) is 0 Å². The number of anilines is 1. The number of nitrogens with one attached hydrogen (secondary N) is 1. The number of rotatable bonds is 3. The molecule has 0 radical (unpaired) electrons. The monoisotopic (exact) mass is 237 g/mol. The van der Waals surface area contributed by atoms with Crippen molar-refractivity contribution in [2.45, 2.75) is 0 Å². The molecule has 82 valence electrons. The lowest BCUT2D eigenvalue weighted by Crippen LogP contribution is -2.01. The van der Waals surface area contributed by atoms with Crippen LogP contribution < -0.4 is 10.1 Å². The van der Waals surface area contributed by atoms with Crippen LogP contribution in [0.5, 0.6) is 11.8 Å². The zero-order chi connectivity index (χ0) is 11.4. The lowest BCUT2D eigenvalue weighted by Gasteiger charge is -2.04. The van der Waals surface area contributed by atoms with Gasteiger partial charge in [0.2, 0.25) is 11.2 Å². The Hall–Kier alpha value is -1.95. The van der Waals surface area contributed by atoms with Crippen LogP contribution in [0.25, 0.3) is 0 Å². The lowest BCUT2D eigenvalue weighted by molar-refractivity contribution is 0.438. The summed E-state index contributed by atoms with van der Waals surface area (Å²) in [6, 6.07) is 3.61. The molecule has 2 heterocycles. The average molecular weight is 238 g/mol. The summed E-state index contributed by atoms with van der Waals surface area (Å²) in [4.78, 5) is 15.5. The maximum Gasteiger partial charge on any atom is 0.328 e. The molecule has 0 aliphatic heterocycles. The Morgan fingerprint density at radius 2 is 2.19 bits per heavy atom. The van der Waals surface area contributed by atoms with Gasteiger partial charge in [-0.1, -0.05) is 0 Å². The maximum atomic E-state index is 5.70. The molecule has 7 heteroatoms. The molecule has 2 rings (SSSR count). The summed E-state index contributed by atoms with van der Waals surface area (Å²) < 4.78 is 5.35. The van der Waals surface area contributed by atoms with Gasteiger partial charge in [-0.05, 0) is 23.7 Å². The summed E-state index contributed by atoms with van der Waals surface area (Å²) in [5.41, 5.74) is 0. The first kappa shape index (κ1) is 10.6. The number of nitrogens with zero attached hydrogens (tertiary/aromatic N) is 4. The minimum Gasteiger partial charge on any atom is -0.422 e. The Balaban J connectivity index is 2.24. The highest BCUT2D eigenvalue weighted by Crippen LogP contribution is 2.18. The third-order valence-electron chi connectivity index (χ3n) is 1.65. The molecule has 0 spiro atoms. The summed E-state index contributed by atoms with van der Waals surface area (Å²) in [6.07, 6.45) is 3.20. The van der Waals surface area contributed by atoms with E-state index < -0.39 is 0 Å². The van der Waals surface area contributed by atoms with Crippen LogP contribution in [0.4, 0.5) is 5.95 Å². The van der Waals surface area contributed by atoms with Gasteiger partial charge in [-0.25, -0.2) is 0 Å². The van der Waals surface area contributed by atoms with Gasteiger partial charge in [-0.3, -0.25) is 4.98 Å². The van der Waals surface area contributed by atoms with Crippen molar-refractivity contribution in [3.63, 3.8) is 0 Å². The number of hydrogen-bond donors (Lipinski definition) is 1. The number of aromatic nitrogens is 4. The van der Waals surface area contributed by atoms with Crippen LogP contribution in [-0.4, -0.2) is 27.0 Å². The Kier molecular flexibility index (Phi) is 3.11. The average Bonchev–Trinajstić information content (AvgIpc) is 2.29. The molecule has 6 nitrogen and oxygen atoms in total. The highest BCUT2D eigenvalue weighted by Gasteiger charge is 2.05. The van der Waals surface area contributed by atoms with Crippen molar-refractivity contribution in [1.82, 2.24) is 19.9 Å². The van der Waals surface area contributed by atoms with E-state index in [4.69, 9.17) is 16.3 Å². The molecule has 0 saturated carbocycles. The highest BCUT2D eigenvalue weighted by atomic mass is 35.5. The van der Waals surface area contributed by atoms with Crippen LogP contribution in [0.15, 0.2) is 24.5 Å². The topological polar surface area (TPSA) is 72.8 Å². The summed E-state index contributed by atoms with van der Waals surface area (Å²) in [7, 11) is 1.68. The first-order chi connectivity index (χ1) is 7.78. The van der Waals surface area contributed by atoms with Crippen molar-refractivity contribution in [2.24, 2.45) is 0 Å². The molecule has 1 N–H and O–H groups in total. The van der Waals surface area contributed by atoms with E-state index in [1.165, 1.54) is 0 Å². The van der Waals surface area contributed by atoms with E-state index in [-0.39, 0.29) is 11.3 Å². The first-order valence-corrected chi connectivity index (χ1v) is 4.83. The summed E-state index contributed by atoms with van der Waals surface area (Å²) >= 11 is 5.70. The predicted octanol–water partition coefficient (Wildman–Crippen LogP) is 1.75. The van der Waals surface area contributed by atoms with Gasteiger partial charge >= 0.3 is 6.01 Å². The largest absolute Gasteiger partial charge is 0.422 e. The molecule has 0 aliphatic carbocycles. The second kappa shape index (κ2) is 4.71. The minimum atomic E-state index is 0.0678. The van der Waals surface area contributed by atoms with E-state index in [1.54, 1.807) is 31.6 Å². The number of hydrogen-bond acceptors (Lipinski definition) is 6. The fourth-order valence-electron chi connectivity index (χ4n) is 1.00. The van der Waals surface area contributed by atoms with Gasteiger partial charge in [0.1, 0.15) is 5.75 Å². The fourth-order valence-corrected chi connectivity index (χ4v) is 1.15. The van der Waals surface area contributed by atoms with E-state index in [1.807, 2.05) is 0 Å². The van der Waals surface area contributed by atoms with Crippen LogP contribution in [0.1, 0.15) is 0 Å². The van der Waals surface area contributed by atoms with Gasteiger partial charge in [0.05, 0.1) is 6.20 Å². The molecule has 0 atom stereocenters. The van der Waals surface area contributed by atoms with Gasteiger partial charge in [-0.2, -0.15) is 15.0 Å². The molecule has 0 fully saturated rings. The van der Waals surface area contributed by atoms with Crippen molar-refractivity contribution >= 4 is 17.5 Å². The van der Waals surface area contributed by atoms with Crippen LogP contribution >= 0.6 is 11.6 Å². The third kappa shape index (κ3) is 2.54. The second-order valence-electron chi connectivity index (χ2n) is 2.75. The summed E-state index contributed by atoms with van der Waals surface area (Å²) in [5, 5.41) is 2.82. The smallest absolute Gasteiger partial charge is 0.328 e. The van der Waals surface area contributed by atoms with Gasteiger partial charge in [0.25, 0.3) is 0 Å². The molecule has 0 amide bonds. The molecule has 16 heavy (non-hydrogen) atoms. The Morgan fingerprint density at radius 1 is 1.31 bits per heavy atom. The van der Waals surface area contributed by atoms with Crippen LogP contribution in [0.3, 0.4) is 0 Å². The van der Waals surface area contributed by atoms with Crippen molar-refractivity contribution in [3.05, 3.63) is 29.8 Å². The van der Waals surface area contributed by atoms with Crippen LogP contribution in [0, 0.1) is 0 Å². The molecule has 0 aromatic carbocycles. The quantitative estimate of drug-likeness (QED) is 0.877. The summed E-state index contributed by atoms with van der Waals surface area (Å²) in [6.45, 7) is 0. The molecule has 0 unspecified atom stereocenters. The standard InChI is InChI=1S/C9H8ClN5O/c1-11-8-13-7(10)14-9(15-8)16-6-3-2-4-12-5-6/h2-5H,1H3,(H,11,13,14,15). The molecular formula is C9H8ClN5O. The van der Waals surface area contributed by atoms with Crippen molar-refractivity contribution in [1.29, 1.82) is 0 Å². The van der Waals surface area contributed by atoms with E-state index in [0.717, 1.165) is 0 Å². The van der Waals surface area contributed by atoms with Gasteiger partial charge in [-0.15, -0.1) is 0 Å². The molecule has 2 aromatic heterocycles. The number of pyridine rings is 1. The highest BCUT2D eigenvalue weighted by molar-refractivity contribution is 6.28. The number of ether oxygens (including phenoxy) is 1. The normalized spacial score (nSPS) is 9.88. The van der Waals surface area contributed by atoms with Gasteiger partial charge in [0.15, 0.2) is 0 Å². The van der Waals surface area contributed by atoms with E-state index in [0.29, 0.717) is 11.7 Å². The Morgan fingerprint density at radius 3 is 2.88 bits per heavy atom. The van der Waals surface area contributed by atoms with E-state index in [2.05, 4.69) is 25.3 Å².